The summed E-state index contributed by atoms with van der Waals surface area (Å²) in [6.07, 6.45) is 0.541. The van der Waals surface area contributed by atoms with Gasteiger partial charge in [-0.25, -0.2) is 8.42 Å². The molecule has 0 aliphatic heterocycles. The fraction of sp³-hybridized carbons (Fsp3) is 0.533. The van der Waals surface area contributed by atoms with Gasteiger partial charge in [0.15, 0.2) is 15.8 Å². The monoisotopic (exact) mass is 311 g/mol. The highest BCUT2D eigenvalue weighted by Gasteiger charge is 2.13. The van der Waals surface area contributed by atoms with Crippen molar-refractivity contribution in [2.45, 2.75) is 25.2 Å². The molecular weight excluding hydrogens is 286 g/mol. The Balaban J connectivity index is 2.37. The zero-order valence-corrected chi connectivity index (χ0v) is 13.8. The third-order valence-electron chi connectivity index (χ3n) is 2.89. The largest absolute Gasteiger partial charge is 0.356 e. The van der Waals surface area contributed by atoms with Crippen molar-refractivity contribution in [3.05, 3.63) is 30.3 Å². The van der Waals surface area contributed by atoms with Crippen LogP contribution in [0.15, 0.2) is 40.2 Å². The van der Waals surface area contributed by atoms with Gasteiger partial charge in [-0.1, -0.05) is 32.0 Å². The lowest BCUT2D eigenvalue weighted by Crippen LogP contribution is -2.39. The zero-order valence-electron chi connectivity index (χ0n) is 13.0. The lowest BCUT2D eigenvalue weighted by Gasteiger charge is -2.13. The Labute approximate surface area is 127 Å². The van der Waals surface area contributed by atoms with E-state index in [0.717, 1.165) is 6.54 Å². The average Bonchev–Trinajstić information content (AvgIpc) is 2.47. The van der Waals surface area contributed by atoms with Crippen LogP contribution in [0.1, 0.15) is 20.3 Å². The van der Waals surface area contributed by atoms with Crippen LogP contribution in [0.3, 0.4) is 0 Å². The Hall–Kier alpha value is -1.56. The van der Waals surface area contributed by atoms with Crippen LogP contribution in [-0.2, 0) is 9.84 Å². The first-order valence-electron chi connectivity index (χ1n) is 7.18. The van der Waals surface area contributed by atoms with Gasteiger partial charge in [0.05, 0.1) is 10.6 Å². The van der Waals surface area contributed by atoms with E-state index in [2.05, 4.69) is 29.5 Å². The molecule has 5 nitrogen and oxygen atoms in total. The van der Waals surface area contributed by atoms with E-state index < -0.39 is 9.84 Å². The van der Waals surface area contributed by atoms with Gasteiger partial charge in [0, 0.05) is 20.1 Å². The molecule has 0 aliphatic rings. The number of guanidine groups is 1. The number of hydrogen-bond acceptors (Lipinski definition) is 3. The molecule has 21 heavy (non-hydrogen) atoms. The molecule has 2 N–H and O–H groups in total. The molecule has 0 bridgehead atoms. The lowest BCUT2D eigenvalue weighted by molar-refractivity contribution is 0.591. The van der Waals surface area contributed by atoms with Crippen molar-refractivity contribution in [1.82, 2.24) is 10.6 Å². The summed E-state index contributed by atoms with van der Waals surface area (Å²) in [5, 5.41) is 6.31. The van der Waals surface area contributed by atoms with Gasteiger partial charge in [-0.05, 0) is 24.5 Å². The number of nitrogens with zero attached hydrogens (tertiary/aromatic N) is 1. The smallest absolute Gasteiger partial charge is 0.190 e. The minimum Gasteiger partial charge on any atom is -0.356 e. The minimum absolute atomic E-state index is 0.130. The second kappa shape index (κ2) is 8.67. The molecule has 0 aromatic heterocycles. The first kappa shape index (κ1) is 17.5. The van der Waals surface area contributed by atoms with Crippen LogP contribution in [0.4, 0.5) is 0 Å². The summed E-state index contributed by atoms with van der Waals surface area (Å²) in [5.41, 5.74) is 0. The molecule has 0 fully saturated rings. The maximum absolute atomic E-state index is 12.1. The summed E-state index contributed by atoms with van der Waals surface area (Å²) >= 11 is 0. The maximum atomic E-state index is 12.1. The molecule has 1 aromatic carbocycles. The Morgan fingerprint density at radius 1 is 1.19 bits per heavy atom. The number of hydrogen-bond donors (Lipinski definition) is 2. The van der Waals surface area contributed by atoms with Gasteiger partial charge in [-0.2, -0.15) is 0 Å². The number of benzene rings is 1. The van der Waals surface area contributed by atoms with E-state index in [1.807, 2.05) is 6.07 Å². The Kier molecular flexibility index (Phi) is 7.22. The summed E-state index contributed by atoms with van der Waals surface area (Å²) < 4.78 is 24.2. The molecule has 118 valence electrons. The van der Waals surface area contributed by atoms with E-state index in [0.29, 0.717) is 29.7 Å². The molecule has 0 saturated heterocycles. The van der Waals surface area contributed by atoms with Crippen LogP contribution in [0.5, 0.6) is 0 Å². The van der Waals surface area contributed by atoms with Crippen molar-refractivity contribution in [3.8, 4) is 0 Å². The minimum atomic E-state index is -3.19. The standard InChI is InChI=1S/C15H25N3O2S/c1-13(2)12-18-15(16-3)17-10-7-11-21(19,20)14-8-5-4-6-9-14/h4-6,8-9,13H,7,10-12H2,1-3H3,(H2,16,17,18). The Morgan fingerprint density at radius 2 is 1.86 bits per heavy atom. The van der Waals surface area contributed by atoms with Crippen molar-refractivity contribution in [2.75, 3.05) is 25.9 Å². The molecule has 0 aliphatic carbocycles. The SMILES string of the molecule is CN=C(NCCCS(=O)(=O)c1ccccc1)NCC(C)C. The number of aliphatic imine (C=N–C) groups is 1. The third kappa shape index (κ3) is 6.62. The predicted octanol–water partition coefficient (Wildman–Crippen LogP) is 1.67. The first-order valence-corrected chi connectivity index (χ1v) is 8.83. The lowest BCUT2D eigenvalue weighted by atomic mass is 10.2. The maximum Gasteiger partial charge on any atom is 0.190 e. The van der Waals surface area contributed by atoms with Crippen LogP contribution in [-0.4, -0.2) is 40.3 Å². The second-order valence-corrected chi connectivity index (χ2v) is 7.37. The van der Waals surface area contributed by atoms with E-state index in [1.54, 1.807) is 31.3 Å². The van der Waals surface area contributed by atoms with Crippen molar-refractivity contribution >= 4 is 15.8 Å². The van der Waals surface area contributed by atoms with Gasteiger partial charge in [0.25, 0.3) is 0 Å². The van der Waals surface area contributed by atoms with E-state index in [1.165, 1.54) is 0 Å². The van der Waals surface area contributed by atoms with Crippen LogP contribution in [0, 0.1) is 5.92 Å². The van der Waals surface area contributed by atoms with Gasteiger partial charge in [-0.3, -0.25) is 4.99 Å². The van der Waals surface area contributed by atoms with Crippen molar-refractivity contribution in [2.24, 2.45) is 10.9 Å². The number of nitrogens with one attached hydrogen (secondary N) is 2. The normalized spacial score (nSPS) is 12.5. The fourth-order valence-corrected chi connectivity index (χ4v) is 3.07. The topological polar surface area (TPSA) is 70.6 Å². The molecule has 0 amide bonds. The van der Waals surface area contributed by atoms with Gasteiger partial charge in [0.2, 0.25) is 0 Å². The molecule has 0 saturated carbocycles. The van der Waals surface area contributed by atoms with Gasteiger partial charge in [0.1, 0.15) is 0 Å². The van der Waals surface area contributed by atoms with Crippen molar-refractivity contribution in [1.29, 1.82) is 0 Å². The van der Waals surface area contributed by atoms with Gasteiger partial charge >= 0.3 is 0 Å². The molecule has 1 rings (SSSR count). The second-order valence-electron chi connectivity index (χ2n) is 5.26. The van der Waals surface area contributed by atoms with E-state index in [-0.39, 0.29) is 5.75 Å². The van der Waals surface area contributed by atoms with Crippen LogP contribution < -0.4 is 10.6 Å². The highest BCUT2D eigenvalue weighted by Crippen LogP contribution is 2.10. The molecular formula is C15H25N3O2S. The van der Waals surface area contributed by atoms with Crippen LogP contribution in [0.25, 0.3) is 0 Å². The van der Waals surface area contributed by atoms with Crippen molar-refractivity contribution in [3.63, 3.8) is 0 Å². The summed E-state index contributed by atoms with van der Waals surface area (Å²) in [5.74, 6) is 1.37. The van der Waals surface area contributed by atoms with E-state index in [9.17, 15) is 8.42 Å². The Bertz CT molecular complexity index is 539. The third-order valence-corrected chi connectivity index (χ3v) is 4.70. The summed E-state index contributed by atoms with van der Waals surface area (Å²) in [4.78, 5) is 4.48. The summed E-state index contributed by atoms with van der Waals surface area (Å²) in [6, 6.07) is 8.55. The highest BCUT2D eigenvalue weighted by molar-refractivity contribution is 7.91. The molecule has 1 aromatic rings. The molecule has 0 spiro atoms. The number of rotatable bonds is 7. The average molecular weight is 311 g/mol. The van der Waals surface area contributed by atoms with E-state index >= 15 is 0 Å². The molecule has 0 radical (unpaired) electrons. The highest BCUT2D eigenvalue weighted by atomic mass is 32.2. The molecule has 6 heteroatoms. The molecule has 0 heterocycles. The predicted molar refractivity (Wildman–Crippen MR) is 87.3 cm³/mol. The van der Waals surface area contributed by atoms with Crippen molar-refractivity contribution < 1.29 is 8.42 Å². The van der Waals surface area contributed by atoms with Gasteiger partial charge in [-0.15, -0.1) is 0 Å². The molecule has 0 atom stereocenters. The summed E-state index contributed by atoms with van der Waals surface area (Å²) in [6.45, 7) is 5.64. The number of sulfone groups is 1. The first-order chi connectivity index (χ1) is 9.95. The summed E-state index contributed by atoms with van der Waals surface area (Å²) in [7, 11) is -1.49. The van der Waals surface area contributed by atoms with E-state index in [4.69, 9.17) is 0 Å². The van der Waals surface area contributed by atoms with Crippen LogP contribution in [0.2, 0.25) is 0 Å². The fourth-order valence-electron chi connectivity index (χ4n) is 1.74. The van der Waals surface area contributed by atoms with Crippen LogP contribution >= 0.6 is 0 Å². The Morgan fingerprint density at radius 3 is 2.43 bits per heavy atom. The molecule has 0 unspecified atom stereocenters. The van der Waals surface area contributed by atoms with Gasteiger partial charge < -0.3 is 10.6 Å². The zero-order chi connectivity index (χ0) is 15.7. The quantitative estimate of drug-likeness (QED) is 0.456.